The van der Waals surface area contributed by atoms with Gasteiger partial charge >= 0.3 is 6.18 Å². The molecule has 1 aromatic carbocycles. The lowest BCUT2D eigenvalue weighted by molar-refractivity contribution is -0.137. The summed E-state index contributed by atoms with van der Waals surface area (Å²) < 4.78 is 39.9. The van der Waals surface area contributed by atoms with Crippen molar-refractivity contribution >= 4 is 11.6 Å². The number of benzene rings is 1. The van der Waals surface area contributed by atoms with Crippen molar-refractivity contribution in [2.75, 3.05) is 4.90 Å². The molecule has 0 spiro atoms. The van der Waals surface area contributed by atoms with E-state index in [4.69, 9.17) is 0 Å². The van der Waals surface area contributed by atoms with Gasteiger partial charge in [-0.2, -0.15) is 13.2 Å². The molecule has 1 N–H and O–H groups in total. The van der Waals surface area contributed by atoms with E-state index in [0.717, 1.165) is 11.0 Å². The van der Waals surface area contributed by atoms with Crippen molar-refractivity contribution in [3.05, 3.63) is 59.4 Å². The van der Waals surface area contributed by atoms with E-state index in [9.17, 15) is 23.1 Å². The molecule has 1 aliphatic rings. The Bertz CT molecular complexity index is 747. The minimum atomic E-state index is -4.63. The lowest BCUT2D eigenvalue weighted by Gasteiger charge is -2.25. The van der Waals surface area contributed by atoms with Gasteiger partial charge in [0.1, 0.15) is 11.8 Å². The first-order chi connectivity index (χ1) is 10.8. The summed E-state index contributed by atoms with van der Waals surface area (Å²) in [5, 5.41) is 10.2. The molecule has 1 amide bonds. The van der Waals surface area contributed by atoms with Gasteiger partial charge in [0, 0.05) is 11.8 Å². The van der Waals surface area contributed by atoms with Crippen LogP contribution in [0, 0.1) is 0 Å². The number of rotatable bonds is 1. The quantitative estimate of drug-likeness (QED) is 0.877. The van der Waals surface area contributed by atoms with Gasteiger partial charge in [0.15, 0.2) is 0 Å². The number of hydrogen-bond donors (Lipinski definition) is 1. The predicted molar refractivity (Wildman–Crippen MR) is 76.9 cm³/mol. The van der Waals surface area contributed by atoms with Crippen molar-refractivity contribution in [1.82, 2.24) is 4.98 Å². The second kappa shape index (κ2) is 5.34. The normalized spacial score (nSPS) is 20.5. The Hall–Kier alpha value is -2.41. The summed E-state index contributed by atoms with van der Waals surface area (Å²) in [6.07, 6.45) is -4.42. The fourth-order valence-corrected chi connectivity index (χ4v) is 2.80. The minimum absolute atomic E-state index is 0.0244. The zero-order valence-electron chi connectivity index (χ0n) is 12.1. The standard InChI is InChI=1S/C16H13F3N2O2/c1-9-14(22)10-5-4-6-11(16(17,18)19)13(10)21(9)15(23)12-7-2-3-8-20-12/h2-9,14,22H,1H3. The second-order valence-corrected chi connectivity index (χ2v) is 5.32. The number of halogens is 3. The monoisotopic (exact) mass is 322 g/mol. The van der Waals surface area contributed by atoms with Gasteiger partial charge in [-0.3, -0.25) is 9.78 Å². The number of pyridine rings is 1. The lowest BCUT2D eigenvalue weighted by atomic mass is 10.0. The SMILES string of the molecule is CC1C(O)c2cccc(C(F)(F)F)c2N1C(=O)c1ccccn1. The van der Waals surface area contributed by atoms with Crippen LogP contribution in [0.1, 0.15) is 34.6 Å². The number of amides is 1. The molecule has 23 heavy (non-hydrogen) atoms. The second-order valence-electron chi connectivity index (χ2n) is 5.32. The maximum absolute atomic E-state index is 13.3. The molecule has 2 aromatic rings. The van der Waals surface area contributed by atoms with E-state index >= 15 is 0 Å². The van der Waals surface area contributed by atoms with Crippen LogP contribution in [0.3, 0.4) is 0 Å². The topological polar surface area (TPSA) is 53.4 Å². The molecule has 7 heteroatoms. The van der Waals surface area contributed by atoms with E-state index in [-0.39, 0.29) is 16.9 Å². The maximum atomic E-state index is 13.3. The van der Waals surface area contributed by atoms with Crippen molar-refractivity contribution in [2.45, 2.75) is 25.2 Å². The summed E-state index contributed by atoms with van der Waals surface area (Å²) in [7, 11) is 0. The van der Waals surface area contributed by atoms with Crippen LogP contribution in [0.5, 0.6) is 0 Å². The molecular weight excluding hydrogens is 309 g/mol. The van der Waals surface area contributed by atoms with Gasteiger partial charge < -0.3 is 10.0 Å². The summed E-state index contributed by atoms with van der Waals surface area (Å²) >= 11 is 0. The third-order valence-electron chi connectivity index (χ3n) is 3.90. The number of alkyl halides is 3. The van der Waals surface area contributed by atoms with Gasteiger partial charge in [-0.05, 0) is 25.1 Å². The molecule has 2 unspecified atom stereocenters. The first-order valence-electron chi connectivity index (χ1n) is 6.95. The van der Waals surface area contributed by atoms with E-state index < -0.39 is 29.8 Å². The van der Waals surface area contributed by atoms with E-state index in [0.29, 0.717) is 0 Å². The average Bonchev–Trinajstić information content (AvgIpc) is 2.78. The summed E-state index contributed by atoms with van der Waals surface area (Å²) in [6.45, 7) is 1.51. The maximum Gasteiger partial charge on any atom is 0.418 e. The van der Waals surface area contributed by atoms with Gasteiger partial charge in [-0.1, -0.05) is 18.2 Å². The van der Waals surface area contributed by atoms with Crippen molar-refractivity contribution < 1.29 is 23.1 Å². The zero-order valence-corrected chi connectivity index (χ0v) is 12.1. The Morgan fingerprint density at radius 1 is 1.22 bits per heavy atom. The summed E-state index contributed by atoms with van der Waals surface area (Å²) in [5.41, 5.74) is -1.12. The molecule has 1 aromatic heterocycles. The van der Waals surface area contributed by atoms with Crippen LogP contribution in [0.25, 0.3) is 0 Å². The van der Waals surface area contributed by atoms with Crippen LogP contribution in [0.2, 0.25) is 0 Å². The highest BCUT2D eigenvalue weighted by Gasteiger charge is 2.45. The molecule has 0 saturated heterocycles. The van der Waals surface area contributed by atoms with Crippen molar-refractivity contribution in [1.29, 1.82) is 0 Å². The highest BCUT2D eigenvalue weighted by atomic mass is 19.4. The summed E-state index contributed by atoms with van der Waals surface area (Å²) in [6, 6.07) is 7.33. The van der Waals surface area contributed by atoms with Crippen LogP contribution in [-0.2, 0) is 6.18 Å². The minimum Gasteiger partial charge on any atom is -0.386 e. The molecule has 0 aliphatic carbocycles. The van der Waals surface area contributed by atoms with E-state index in [1.807, 2.05) is 0 Å². The molecule has 0 fully saturated rings. The van der Waals surface area contributed by atoms with Gasteiger partial charge in [0.05, 0.1) is 17.3 Å². The predicted octanol–water partition coefficient (Wildman–Crippen LogP) is 3.18. The van der Waals surface area contributed by atoms with Crippen LogP contribution >= 0.6 is 0 Å². The fraction of sp³-hybridized carbons (Fsp3) is 0.250. The first kappa shape index (κ1) is 15.5. The smallest absolute Gasteiger partial charge is 0.386 e. The van der Waals surface area contributed by atoms with Gasteiger partial charge in [0.25, 0.3) is 5.91 Å². The van der Waals surface area contributed by atoms with Crippen molar-refractivity contribution in [3.8, 4) is 0 Å². The molecule has 4 nitrogen and oxygen atoms in total. The average molecular weight is 322 g/mol. The van der Waals surface area contributed by atoms with E-state index in [2.05, 4.69) is 4.98 Å². The molecule has 0 saturated carbocycles. The Kier molecular flexibility index (Phi) is 3.60. The van der Waals surface area contributed by atoms with Gasteiger partial charge in [-0.15, -0.1) is 0 Å². The fourth-order valence-electron chi connectivity index (χ4n) is 2.80. The number of para-hydroxylation sites is 1. The Morgan fingerprint density at radius 2 is 1.96 bits per heavy atom. The highest BCUT2D eigenvalue weighted by molar-refractivity contribution is 6.07. The molecule has 1 aliphatic heterocycles. The number of aromatic nitrogens is 1. The number of carbonyl (C=O) groups is 1. The third kappa shape index (κ3) is 2.46. The number of aliphatic hydroxyl groups is 1. The van der Waals surface area contributed by atoms with Gasteiger partial charge in [0.2, 0.25) is 0 Å². The van der Waals surface area contributed by atoms with E-state index in [1.165, 1.54) is 31.3 Å². The van der Waals surface area contributed by atoms with Crippen LogP contribution in [-0.4, -0.2) is 22.0 Å². The molecule has 2 atom stereocenters. The third-order valence-corrected chi connectivity index (χ3v) is 3.90. The molecule has 3 rings (SSSR count). The number of anilines is 1. The summed E-state index contributed by atoms with van der Waals surface area (Å²) in [5.74, 6) is -0.674. The van der Waals surface area contributed by atoms with Crippen molar-refractivity contribution in [3.63, 3.8) is 0 Å². The lowest BCUT2D eigenvalue weighted by Crippen LogP contribution is -2.38. The largest absolute Gasteiger partial charge is 0.418 e. The number of nitrogens with zero attached hydrogens (tertiary/aromatic N) is 2. The number of carbonyl (C=O) groups excluding carboxylic acids is 1. The number of hydrogen-bond acceptors (Lipinski definition) is 3. The van der Waals surface area contributed by atoms with E-state index in [1.54, 1.807) is 12.1 Å². The first-order valence-corrected chi connectivity index (χ1v) is 6.95. The molecule has 0 bridgehead atoms. The molecule has 120 valence electrons. The molecule has 0 radical (unpaired) electrons. The Labute approximate surface area is 130 Å². The van der Waals surface area contributed by atoms with Crippen LogP contribution in [0.4, 0.5) is 18.9 Å². The van der Waals surface area contributed by atoms with Gasteiger partial charge in [-0.25, -0.2) is 0 Å². The van der Waals surface area contributed by atoms with Crippen molar-refractivity contribution in [2.24, 2.45) is 0 Å². The number of aliphatic hydroxyl groups excluding tert-OH is 1. The Balaban J connectivity index is 2.17. The van der Waals surface area contributed by atoms with Crippen LogP contribution in [0.15, 0.2) is 42.6 Å². The zero-order chi connectivity index (χ0) is 16.8. The van der Waals surface area contributed by atoms with Crippen LogP contribution < -0.4 is 4.90 Å². The highest BCUT2D eigenvalue weighted by Crippen LogP contribution is 2.47. The molecular formula is C16H13F3N2O2. The number of fused-ring (bicyclic) bond motifs is 1. The molecule has 2 heterocycles. The Morgan fingerprint density at radius 3 is 2.57 bits per heavy atom. The summed E-state index contributed by atoms with van der Waals surface area (Å²) in [4.78, 5) is 17.5.